The van der Waals surface area contributed by atoms with Gasteiger partial charge in [-0.3, -0.25) is 4.98 Å². The molecule has 1 N–H and O–H groups in total. The number of nitrogens with zero attached hydrogens (tertiary/aromatic N) is 2. The van der Waals surface area contributed by atoms with E-state index in [2.05, 4.69) is 15.0 Å². The van der Waals surface area contributed by atoms with Crippen LogP contribution in [0, 0.1) is 0 Å². The van der Waals surface area contributed by atoms with Gasteiger partial charge in [0.1, 0.15) is 5.82 Å². The minimum atomic E-state index is -4.36. The lowest BCUT2D eigenvalue weighted by atomic mass is 10.1. The summed E-state index contributed by atoms with van der Waals surface area (Å²) in [6.45, 7) is 0. The third-order valence-corrected chi connectivity index (χ3v) is 4.21. The number of rotatable bonds is 3. The summed E-state index contributed by atoms with van der Waals surface area (Å²) in [5, 5.41) is 0. The summed E-state index contributed by atoms with van der Waals surface area (Å²) >= 11 is 0. The molecule has 2 heterocycles. The van der Waals surface area contributed by atoms with Gasteiger partial charge < -0.3 is 4.98 Å². The van der Waals surface area contributed by atoms with E-state index in [0.29, 0.717) is 11.4 Å². The van der Waals surface area contributed by atoms with Crippen molar-refractivity contribution in [3.05, 3.63) is 84.7 Å². The second-order valence-corrected chi connectivity index (χ2v) is 5.99. The Balaban J connectivity index is 1.82. The number of imidazole rings is 1. The number of alkyl halides is 3. The molecule has 0 aliphatic carbocycles. The third-order valence-electron chi connectivity index (χ3n) is 4.21. The number of halogens is 3. The van der Waals surface area contributed by atoms with Crippen molar-refractivity contribution in [2.75, 3.05) is 0 Å². The minimum Gasteiger partial charge on any atom is -0.337 e. The Hall–Kier alpha value is -3.41. The van der Waals surface area contributed by atoms with E-state index >= 15 is 0 Å². The number of hydrogen-bond acceptors (Lipinski definition) is 2. The van der Waals surface area contributed by atoms with Crippen LogP contribution in [0.5, 0.6) is 0 Å². The van der Waals surface area contributed by atoms with Crippen molar-refractivity contribution < 1.29 is 13.2 Å². The van der Waals surface area contributed by atoms with Gasteiger partial charge in [0.2, 0.25) is 0 Å². The highest BCUT2D eigenvalue weighted by Gasteiger charge is 2.30. The van der Waals surface area contributed by atoms with E-state index in [0.717, 1.165) is 34.6 Å². The molecule has 0 fully saturated rings. The van der Waals surface area contributed by atoms with Gasteiger partial charge in [-0.1, -0.05) is 42.5 Å². The first-order valence-corrected chi connectivity index (χ1v) is 8.26. The van der Waals surface area contributed by atoms with E-state index < -0.39 is 11.7 Å². The fourth-order valence-corrected chi connectivity index (χ4v) is 2.86. The number of hydrogen-bond donors (Lipinski definition) is 1. The lowest BCUT2D eigenvalue weighted by molar-refractivity contribution is -0.137. The van der Waals surface area contributed by atoms with Crippen molar-refractivity contribution in [2.45, 2.75) is 6.18 Å². The van der Waals surface area contributed by atoms with Crippen molar-refractivity contribution in [1.29, 1.82) is 0 Å². The quantitative estimate of drug-likeness (QED) is 0.497. The lowest BCUT2D eigenvalue weighted by Gasteiger charge is -2.06. The first kappa shape index (κ1) is 17.0. The van der Waals surface area contributed by atoms with Gasteiger partial charge in [0, 0.05) is 29.1 Å². The van der Waals surface area contributed by atoms with Crippen LogP contribution in [0.3, 0.4) is 0 Å². The molecule has 6 heteroatoms. The van der Waals surface area contributed by atoms with Crippen molar-refractivity contribution in [3.63, 3.8) is 0 Å². The van der Waals surface area contributed by atoms with Crippen molar-refractivity contribution in [1.82, 2.24) is 15.0 Å². The van der Waals surface area contributed by atoms with E-state index in [1.165, 1.54) is 12.1 Å². The summed E-state index contributed by atoms with van der Waals surface area (Å²) in [7, 11) is 0. The number of aromatic amines is 1. The van der Waals surface area contributed by atoms with Gasteiger partial charge in [-0.2, -0.15) is 13.2 Å². The average Bonchev–Trinajstić information content (AvgIpc) is 3.14. The SMILES string of the molecule is FC(F)(F)c1ccc(-c2nc(-c3ccccc3)c(-c3ccncc3)[nH]2)cc1. The van der Waals surface area contributed by atoms with Crippen LogP contribution in [-0.2, 0) is 6.18 Å². The van der Waals surface area contributed by atoms with Crippen molar-refractivity contribution in [3.8, 4) is 33.9 Å². The molecule has 134 valence electrons. The predicted octanol–water partition coefficient (Wildman–Crippen LogP) is 5.82. The first-order valence-electron chi connectivity index (χ1n) is 8.26. The maximum atomic E-state index is 12.8. The zero-order chi connectivity index (χ0) is 18.9. The number of nitrogens with one attached hydrogen (secondary N) is 1. The van der Waals surface area contributed by atoms with Crippen LogP contribution in [-0.4, -0.2) is 15.0 Å². The van der Waals surface area contributed by atoms with E-state index in [1.807, 2.05) is 42.5 Å². The Morgan fingerprint density at radius 3 is 2.00 bits per heavy atom. The highest BCUT2D eigenvalue weighted by molar-refractivity contribution is 5.81. The molecule has 0 amide bonds. The Bertz CT molecular complexity index is 981. The van der Waals surface area contributed by atoms with Crippen molar-refractivity contribution >= 4 is 0 Å². The van der Waals surface area contributed by atoms with Crippen LogP contribution in [0.25, 0.3) is 33.9 Å². The zero-order valence-corrected chi connectivity index (χ0v) is 14.0. The third kappa shape index (κ3) is 3.46. The number of aromatic nitrogens is 3. The highest BCUT2D eigenvalue weighted by atomic mass is 19.4. The molecule has 0 unspecified atom stereocenters. The van der Waals surface area contributed by atoms with Gasteiger partial charge in [0.15, 0.2) is 0 Å². The van der Waals surface area contributed by atoms with Gasteiger partial charge in [-0.15, -0.1) is 0 Å². The summed E-state index contributed by atoms with van der Waals surface area (Å²) in [5.41, 5.74) is 3.24. The molecule has 0 aliphatic heterocycles. The summed E-state index contributed by atoms with van der Waals surface area (Å²) in [6.07, 6.45) is -0.995. The maximum Gasteiger partial charge on any atom is 0.416 e. The zero-order valence-electron chi connectivity index (χ0n) is 14.0. The predicted molar refractivity (Wildman–Crippen MR) is 97.7 cm³/mol. The molecule has 0 spiro atoms. The van der Waals surface area contributed by atoms with Gasteiger partial charge in [0.05, 0.1) is 17.0 Å². The van der Waals surface area contributed by atoms with Crippen LogP contribution < -0.4 is 0 Å². The van der Waals surface area contributed by atoms with Gasteiger partial charge in [0.25, 0.3) is 0 Å². The fraction of sp³-hybridized carbons (Fsp3) is 0.0476. The summed E-state index contributed by atoms with van der Waals surface area (Å²) in [6, 6.07) is 18.3. The summed E-state index contributed by atoms with van der Waals surface area (Å²) in [5.74, 6) is 0.509. The largest absolute Gasteiger partial charge is 0.416 e. The monoisotopic (exact) mass is 365 g/mol. The molecule has 4 aromatic rings. The molecule has 0 bridgehead atoms. The smallest absolute Gasteiger partial charge is 0.337 e. The van der Waals surface area contributed by atoms with Crippen LogP contribution in [0.15, 0.2) is 79.1 Å². The summed E-state index contributed by atoms with van der Waals surface area (Å²) < 4.78 is 38.4. The molecule has 0 saturated heterocycles. The molecule has 0 atom stereocenters. The fourth-order valence-electron chi connectivity index (χ4n) is 2.86. The minimum absolute atomic E-state index is 0.509. The molecular formula is C21H14F3N3. The molecular weight excluding hydrogens is 351 g/mol. The number of benzene rings is 2. The lowest BCUT2D eigenvalue weighted by Crippen LogP contribution is -2.04. The number of pyridine rings is 1. The normalized spacial score (nSPS) is 11.5. The van der Waals surface area contributed by atoms with E-state index in [1.54, 1.807) is 12.4 Å². The molecule has 27 heavy (non-hydrogen) atoms. The van der Waals surface area contributed by atoms with Gasteiger partial charge >= 0.3 is 6.18 Å². The Labute approximate surface area is 153 Å². The van der Waals surface area contributed by atoms with Crippen LogP contribution in [0.1, 0.15) is 5.56 Å². The standard InChI is InChI=1S/C21H14F3N3/c22-21(23,24)17-8-6-16(7-9-17)20-26-18(14-4-2-1-3-5-14)19(27-20)15-10-12-25-13-11-15/h1-13H,(H,26,27). The average molecular weight is 365 g/mol. The van der Waals surface area contributed by atoms with Gasteiger partial charge in [-0.05, 0) is 24.3 Å². The molecule has 2 aromatic carbocycles. The van der Waals surface area contributed by atoms with Crippen LogP contribution in [0.2, 0.25) is 0 Å². The van der Waals surface area contributed by atoms with E-state index in [-0.39, 0.29) is 0 Å². The topological polar surface area (TPSA) is 41.6 Å². The van der Waals surface area contributed by atoms with Gasteiger partial charge in [-0.25, -0.2) is 4.98 Å². The maximum absolute atomic E-state index is 12.8. The Morgan fingerprint density at radius 2 is 1.37 bits per heavy atom. The second kappa shape index (κ2) is 6.72. The van der Waals surface area contributed by atoms with E-state index in [4.69, 9.17) is 0 Å². The van der Waals surface area contributed by atoms with Crippen molar-refractivity contribution in [2.24, 2.45) is 0 Å². The Kier molecular flexibility index (Phi) is 4.24. The second-order valence-electron chi connectivity index (χ2n) is 5.99. The highest BCUT2D eigenvalue weighted by Crippen LogP contribution is 2.34. The Morgan fingerprint density at radius 1 is 0.704 bits per heavy atom. The number of H-pyrrole nitrogens is 1. The molecule has 3 nitrogen and oxygen atoms in total. The molecule has 2 aromatic heterocycles. The molecule has 0 aliphatic rings. The summed E-state index contributed by atoms with van der Waals surface area (Å²) in [4.78, 5) is 11.9. The van der Waals surface area contributed by atoms with Crippen LogP contribution in [0.4, 0.5) is 13.2 Å². The van der Waals surface area contributed by atoms with Crippen LogP contribution >= 0.6 is 0 Å². The molecule has 4 rings (SSSR count). The van der Waals surface area contributed by atoms with E-state index in [9.17, 15) is 13.2 Å². The molecule has 0 saturated carbocycles. The molecule has 0 radical (unpaired) electrons. The first-order chi connectivity index (χ1) is 13.0.